The number of hydrogen-bond donors (Lipinski definition) is 2. The number of piperidine rings is 1. The fourth-order valence-electron chi connectivity index (χ4n) is 2.83. The van der Waals surface area contributed by atoms with E-state index in [1.807, 2.05) is 4.90 Å². The Bertz CT molecular complexity index is 793. The molecule has 26 heavy (non-hydrogen) atoms. The molecule has 0 aliphatic carbocycles. The molecule has 1 aromatic rings. The van der Waals surface area contributed by atoms with Crippen molar-refractivity contribution in [2.24, 2.45) is 0 Å². The number of amides is 1. The number of carbonyl (C=O) groups is 1. The first kappa shape index (κ1) is 20.6. The number of hydrogen-bond acceptors (Lipinski definition) is 6. The Morgan fingerprint density at radius 3 is 2.54 bits per heavy atom. The van der Waals surface area contributed by atoms with Crippen molar-refractivity contribution in [3.63, 3.8) is 0 Å². The van der Waals surface area contributed by atoms with Gasteiger partial charge in [0.25, 0.3) is 5.69 Å². The Morgan fingerprint density at radius 2 is 2.00 bits per heavy atom. The highest BCUT2D eigenvalue weighted by molar-refractivity contribution is 7.88. The van der Waals surface area contributed by atoms with Crippen molar-refractivity contribution in [1.29, 1.82) is 0 Å². The van der Waals surface area contributed by atoms with Crippen molar-refractivity contribution in [3.05, 3.63) is 33.3 Å². The number of nitro benzene ring substituents is 1. The standard InChI is InChI=1S/C15H21ClN4O5S/c1-10(19-7-5-11(6-8-19)18-26(2,24)25)15(21)17-14-9-12(20(22)23)3-4-13(14)16/h3-4,9-11,18H,5-8H2,1-2H3,(H,17,21)/t10-/m0/s1. The van der Waals surface area contributed by atoms with Gasteiger partial charge < -0.3 is 5.32 Å². The third kappa shape index (κ3) is 5.63. The van der Waals surface area contributed by atoms with Crippen LogP contribution in [0.25, 0.3) is 0 Å². The van der Waals surface area contributed by atoms with Gasteiger partial charge in [0.2, 0.25) is 15.9 Å². The molecule has 1 atom stereocenters. The van der Waals surface area contributed by atoms with Gasteiger partial charge in [0.15, 0.2) is 0 Å². The monoisotopic (exact) mass is 404 g/mol. The second kappa shape index (κ2) is 8.30. The fraction of sp³-hybridized carbons (Fsp3) is 0.533. The maximum atomic E-state index is 12.5. The van der Waals surface area contributed by atoms with Crippen LogP contribution in [-0.2, 0) is 14.8 Å². The van der Waals surface area contributed by atoms with Gasteiger partial charge in [-0.1, -0.05) is 11.6 Å². The normalized spacial score (nSPS) is 17.7. The van der Waals surface area contributed by atoms with Crippen LogP contribution >= 0.6 is 11.6 Å². The van der Waals surface area contributed by atoms with E-state index in [-0.39, 0.29) is 28.3 Å². The molecule has 0 spiro atoms. The van der Waals surface area contributed by atoms with Gasteiger partial charge in [0.05, 0.1) is 27.9 Å². The number of likely N-dealkylation sites (tertiary alicyclic amines) is 1. The maximum absolute atomic E-state index is 12.5. The Kier molecular flexibility index (Phi) is 6.56. The van der Waals surface area contributed by atoms with E-state index in [9.17, 15) is 23.3 Å². The number of halogens is 1. The van der Waals surface area contributed by atoms with Crippen LogP contribution in [-0.4, -0.2) is 55.6 Å². The van der Waals surface area contributed by atoms with Crippen LogP contribution in [0.2, 0.25) is 5.02 Å². The average molecular weight is 405 g/mol. The molecule has 1 amide bonds. The zero-order chi connectivity index (χ0) is 19.5. The first-order valence-electron chi connectivity index (χ1n) is 8.03. The summed E-state index contributed by atoms with van der Waals surface area (Å²) in [6, 6.07) is 3.23. The lowest BCUT2D eigenvalue weighted by atomic mass is 10.0. The number of anilines is 1. The first-order chi connectivity index (χ1) is 12.1. The fourth-order valence-corrected chi connectivity index (χ4v) is 3.84. The lowest BCUT2D eigenvalue weighted by Gasteiger charge is -2.35. The van der Waals surface area contributed by atoms with E-state index in [2.05, 4.69) is 10.0 Å². The van der Waals surface area contributed by atoms with E-state index in [4.69, 9.17) is 11.6 Å². The van der Waals surface area contributed by atoms with Crippen molar-refractivity contribution in [2.75, 3.05) is 24.7 Å². The smallest absolute Gasteiger partial charge is 0.271 e. The summed E-state index contributed by atoms with van der Waals surface area (Å²) in [6.45, 7) is 2.85. The molecule has 0 bridgehead atoms. The van der Waals surface area contributed by atoms with E-state index in [0.717, 1.165) is 6.26 Å². The lowest BCUT2D eigenvalue weighted by molar-refractivity contribution is -0.384. The Morgan fingerprint density at radius 1 is 1.38 bits per heavy atom. The number of non-ortho nitro benzene ring substituents is 1. The summed E-state index contributed by atoms with van der Waals surface area (Å²) < 4.78 is 25.1. The minimum atomic E-state index is -3.25. The molecule has 11 heteroatoms. The van der Waals surface area contributed by atoms with Crippen LogP contribution < -0.4 is 10.0 Å². The van der Waals surface area contributed by atoms with Crippen molar-refractivity contribution >= 4 is 38.9 Å². The minimum Gasteiger partial charge on any atom is -0.323 e. The second-order valence-electron chi connectivity index (χ2n) is 6.29. The highest BCUT2D eigenvalue weighted by atomic mass is 35.5. The Hall–Kier alpha value is -1.75. The summed E-state index contributed by atoms with van der Waals surface area (Å²) in [5.74, 6) is -0.332. The summed E-state index contributed by atoms with van der Waals surface area (Å²) >= 11 is 6.00. The number of nitrogens with one attached hydrogen (secondary N) is 2. The molecule has 1 heterocycles. The Balaban J connectivity index is 1.96. The number of carbonyl (C=O) groups excluding carboxylic acids is 1. The van der Waals surface area contributed by atoms with E-state index in [1.165, 1.54) is 18.2 Å². The largest absolute Gasteiger partial charge is 0.323 e. The van der Waals surface area contributed by atoms with Crippen LogP contribution in [0, 0.1) is 10.1 Å². The molecule has 1 aliphatic heterocycles. The summed E-state index contributed by atoms with van der Waals surface area (Å²) in [6.07, 6.45) is 2.32. The molecular formula is C15H21ClN4O5S. The zero-order valence-corrected chi connectivity index (χ0v) is 16.0. The zero-order valence-electron chi connectivity index (χ0n) is 14.4. The summed E-state index contributed by atoms with van der Waals surface area (Å²) in [4.78, 5) is 24.7. The number of nitro groups is 1. The molecule has 9 nitrogen and oxygen atoms in total. The van der Waals surface area contributed by atoms with Crippen LogP contribution in [0.1, 0.15) is 19.8 Å². The predicted octanol–water partition coefficient (Wildman–Crippen LogP) is 1.59. The highest BCUT2D eigenvalue weighted by Crippen LogP contribution is 2.27. The number of rotatable bonds is 6. The number of nitrogens with zero attached hydrogens (tertiary/aromatic N) is 2. The van der Waals surface area contributed by atoms with Crippen LogP contribution in [0.3, 0.4) is 0 Å². The Labute approximate surface area is 156 Å². The van der Waals surface area contributed by atoms with E-state index >= 15 is 0 Å². The van der Waals surface area contributed by atoms with E-state index in [0.29, 0.717) is 25.9 Å². The van der Waals surface area contributed by atoms with Gasteiger partial charge >= 0.3 is 0 Å². The molecule has 0 radical (unpaired) electrons. The highest BCUT2D eigenvalue weighted by Gasteiger charge is 2.28. The van der Waals surface area contributed by atoms with Crippen LogP contribution in [0.15, 0.2) is 18.2 Å². The topological polar surface area (TPSA) is 122 Å². The van der Waals surface area contributed by atoms with Crippen LogP contribution in [0.5, 0.6) is 0 Å². The predicted molar refractivity (Wildman–Crippen MR) is 98.8 cm³/mol. The van der Waals surface area contributed by atoms with E-state index in [1.54, 1.807) is 6.92 Å². The van der Waals surface area contributed by atoms with Crippen molar-refractivity contribution in [2.45, 2.75) is 31.8 Å². The quantitative estimate of drug-likeness (QED) is 0.548. The van der Waals surface area contributed by atoms with Gasteiger partial charge in [-0.2, -0.15) is 0 Å². The molecular weight excluding hydrogens is 384 g/mol. The molecule has 0 saturated carbocycles. The van der Waals surface area contributed by atoms with Crippen LogP contribution in [0.4, 0.5) is 11.4 Å². The molecule has 2 rings (SSSR count). The number of sulfonamides is 1. The minimum absolute atomic E-state index is 0.136. The molecule has 144 valence electrons. The molecule has 0 aromatic heterocycles. The van der Waals surface area contributed by atoms with Gasteiger partial charge in [0.1, 0.15) is 0 Å². The lowest BCUT2D eigenvalue weighted by Crippen LogP contribution is -2.50. The second-order valence-corrected chi connectivity index (χ2v) is 8.47. The summed E-state index contributed by atoms with van der Waals surface area (Å²) in [7, 11) is -3.25. The molecule has 1 aromatic carbocycles. The van der Waals surface area contributed by atoms with Crippen molar-refractivity contribution < 1.29 is 18.1 Å². The van der Waals surface area contributed by atoms with Crippen molar-refractivity contribution in [1.82, 2.24) is 9.62 Å². The molecule has 1 fully saturated rings. The summed E-state index contributed by atoms with van der Waals surface area (Å²) in [5.41, 5.74) is 0.0244. The molecule has 0 unspecified atom stereocenters. The van der Waals surface area contributed by atoms with Gasteiger partial charge in [0, 0.05) is 31.3 Å². The third-order valence-corrected chi connectivity index (χ3v) is 5.35. The summed E-state index contributed by atoms with van der Waals surface area (Å²) in [5, 5.41) is 13.7. The molecule has 1 saturated heterocycles. The average Bonchev–Trinajstić information content (AvgIpc) is 2.55. The maximum Gasteiger partial charge on any atom is 0.271 e. The van der Waals surface area contributed by atoms with Gasteiger partial charge in [-0.15, -0.1) is 0 Å². The van der Waals surface area contributed by atoms with Gasteiger partial charge in [-0.3, -0.25) is 19.8 Å². The van der Waals surface area contributed by atoms with Gasteiger partial charge in [-0.05, 0) is 25.8 Å². The van der Waals surface area contributed by atoms with E-state index < -0.39 is 21.0 Å². The third-order valence-electron chi connectivity index (χ3n) is 4.26. The molecule has 1 aliphatic rings. The van der Waals surface area contributed by atoms with Gasteiger partial charge in [-0.25, -0.2) is 13.1 Å². The van der Waals surface area contributed by atoms with Crippen molar-refractivity contribution in [3.8, 4) is 0 Å². The number of benzene rings is 1. The molecule has 2 N–H and O–H groups in total. The SMILES string of the molecule is C[C@@H](C(=O)Nc1cc([N+](=O)[O-])ccc1Cl)N1CCC(NS(C)(=O)=O)CC1. The first-order valence-corrected chi connectivity index (χ1v) is 10.3.